The topological polar surface area (TPSA) is 143 Å². The van der Waals surface area contributed by atoms with Crippen LogP contribution in [0.15, 0.2) is 0 Å². The van der Waals surface area contributed by atoms with Crippen LogP contribution in [-0.2, 0) is 19.1 Å². The van der Waals surface area contributed by atoms with E-state index in [0.717, 1.165) is 0 Å². The number of amides is 3. The van der Waals surface area contributed by atoms with Gasteiger partial charge in [0.2, 0.25) is 5.91 Å². The highest BCUT2D eigenvalue weighted by Crippen LogP contribution is 2.07. The number of carboxylic acid groups (broad SMARTS) is 1. The van der Waals surface area contributed by atoms with Crippen molar-refractivity contribution < 1.29 is 33.8 Å². The Labute approximate surface area is 153 Å². The molecule has 0 aliphatic heterocycles. The number of nitrogens with one attached hydrogen (secondary N) is 3. The molecule has 0 unspecified atom stereocenters. The van der Waals surface area contributed by atoms with Crippen LogP contribution >= 0.6 is 0 Å². The average molecular weight is 375 g/mol. The molecule has 0 bridgehead atoms. The molecule has 150 valence electrons. The summed E-state index contributed by atoms with van der Waals surface area (Å²) >= 11 is 0. The molecule has 0 aromatic rings. The minimum Gasteiger partial charge on any atom is -0.480 e. The predicted molar refractivity (Wildman–Crippen MR) is 92.6 cm³/mol. The number of hydrogen-bond acceptors (Lipinski definition) is 6. The molecule has 10 heteroatoms. The van der Waals surface area contributed by atoms with E-state index in [1.54, 1.807) is 41.5 Å². The Morgan fingerprint density at radius 3 is 1.77 bits per heavy atom. The van der Waals surface area contributed by atoms with Crippen LogP contribution in [0.25, 0.3) is 0 Å². The molecule has 0 aromatic carbocycles. The molecule has 0 rings (SSSR count). The second-order valence-corrected chi connectivity index (χ2v) is 7.65. The largest absolute Gasteiger partial charge is 0.480 e. The monoisotopic (exact) mass is 375 g/mol. The molecule has 0 saturated carbocycles. The lowest BCUT2D eigenvalue weighted by atomic mass is 10.2. The summed E-state index contributed by atoms with van der Waals surface area (Å²) in [6.45, 7) is 11.0. The van der Waals surface area contributed by atoms with Crippen LogP contribution in [0, 0.1) is 0 Å². The van der Waals surface area contributed by atoms with Gasteiger partial charge in [0.15, 0.2) is 0 Å². The maximum Gasteiger partial charge on any atom is 0.408 e. The number of rotatable bonds is 6. The fourth-order valence-electron chi connectivity index (χ4n) is 1.55. The number of carboxylic acids is 1. The first-order valence-electron chi connectivity index (χ1n) is 8.10. The SMILES string of the molecule is C[C@@H](NC(=O)OC(C)(C)C)C(=O)N[C@@H](CNC(=O)OC(C)(C)C)C(=O)O. The smallest absolute Gasteiger partial charge is 0.408 e. The normalized spacial score (nSPS) is 13.8. The highest BCUT2D eigenvalue weighted by atomic mass is 16.6. The molecular formula is C16H29N3O7. The molecule has 26 heavy (non-hydrogen) atoms. The first-order valence-corrected chi connectivity index (χ1v) is 8.10. The minimum absolute atomic E-state index is 0.380. The van der Waals surface area contributed by atoms with Gasteiger partial charge in [-0.2, -0.15) is 0 Å². The molecule has 0 fully saturated rings. The van der Waals surface area contributed by atoms with Crippen molar-refractivity contribution in [2.24, 2.45) is 0 Å². The molecule has 0 saturated heterocycles. The van der Waals surface area contributed by atoms with E-state index in [1.807, 2.05) is 0 Å². The summed E-state index contributed by atoms with van der Waals surface area (Å²) in [7, 11) is 0. The molecule has 4 N–H and O–H groups in total. The molecular weight excluding hydrogens is 346 g/mol. The lowest BCUT2D eigenvalue weighted by Gasteiger charge is -2.23. The van der Waals surface area contributed by atoms with E-state index >= 15 is 0 Å². The second-order valence-electron chi connectivity index (χ2n) is 7.65. The van der Waals surface area contributed by atoms with Gasteiger partial charge in [-0.15, -0.1) is 0 Å². The average Bonchev–Trinajstić information content (AvgIpc) is 2.38. The quantitative estimate of drug-likeness (QED) is 0.542. The van der Waals surface area contributed by atoms with Crippen molar-refractivity contribution in [3.8, 4) is 0 Å². The molecule has 3 amide bonds. The Morgan fingerprint density at radius 2 is 1.35 bits per heavy atom. The summed E-state index contributed by atoms with van der Waals surface area (Å²) in [5.41, 5.74) is -1.47. The third-order valence-corrected chi connectivity index (χ3v) is 2.59. The number of alkyl carbamates (subject to hydrolysis) is 2. The van der Waals surface area contributed by atoms with E-state index < -0.39 is 47.3 Å². The molecule has 0 aliphatic carbocycles. The molecule has 0 aromatic heterocycles. The van der Waals surface area contributed by atoms with Gasteiger partial charge in [0.25, 0.3) is 0 Å². The number of hydrogen-bond donors (Lipinski definition) is 4. The van der Waals surface area contributed by atoms with Crippen LogP contribution in [0.4, 0.5) is 9.59 Å². The van der Waals surface area contributed by atoms with E-state index in [1.165, 1.54) is 6.92 Å². The van der Waals surface area contributed by atoms with E-state index in [2.05, 4.69) is 16.0 Å². The molecule has 2 atom stereocenters. The van der Waals surface area contributed by atoms with Gasteiger partial charge in [-0.1, -0.05) is 0 Å². The summed E-state index contributed by atoms with van der Waals surface area (Å²) in [6.07, 6.45) is -1.61. The third-order valence-electron chi connectivity index (χ3n) is 2.59. The zero-order valence-electron chi connectivity index (χ0n) is 16.3. The van der Waals surface area contributed by atoms with Crippen molar-refractivity contribution in [1.29, 1.82) is 0 Å². The van der Waals surface area contributed by atoms with Gasteiger partial charge < -0.3 is 30.5 Å². The van der Waals surface area contributed by atoms with Crippen LogP contribution in [0.5, 0.6) is 0 Å². The van der Waals surface area contributed by atoms with Crippen LogP contribution in [0.1, 0.15) is 48.5 Å². The number of carbonyl (C=O) groups is 4. The van der Waals surface area contributed by atoms with Gasteiger partial charge in [-0.25, -0.2) is 14.4 Å². The lowest BCUT2D eigenvalue weighted by Crippen LogP contribution is -2.54. The Morgan fingerprint density at radius 1 is 0.885 bits per heavy atom. The maximum absolute atomic E-state index is 12.0. The van der Waals surface area contributed by atoms with Crippen molar-refractivity contribution in [3.63, 3.8) is 0 Å². The third kappa shape index (κ3) is 11.1. The number of carbonyl (C=O) groups excluding carboxylic acids is 3. The van der Waals surface area contributed by atoms with Gasteiger partial charge in [-0.05, 0) is 48.5 Å². The van der Waals surface area contributed by atoms with E-state index in [0.29, 0.717) is 0 Å². The number of aliphatic carboxylic acids is 1. The second kappa shape index (κ2) is 9.25. The molecule has 10 nitrogen and oxygen atoms in total. The highest BCUT2D eigenvalue weighted by molar-refractivity contribution is 5.89. The lowest BCUT2D eigenvalue weighted by molar-refractivity contribution is -0.141. The van der Waals surface area contributed by atoms with Gasteiger partial charge in [0.05, 0.1) is 6.54 Å². The van der Waals surface area contributed by atoms with Crippen molar-refractivity contribution >= 4 is 24.1 Å². The summed E-state index contributed by atoms with van der Waals surface area (Å²) < 4.78 is 10.0. The summed E-state index contributed by atoms with van der Waals surface area (Å²) in [5, 5.41) is 16.0. The van der Waals surface area contributed by atoms with E-state index in [-0.39, 0.29) is 6.54 Å². The Hall–Kier alpha value is -2.52. The van der Waals surface area contributed by atoms with Crippen molar-refractivity contribution in [2.45, 2.75) is 71.8 Å². The van der Waals surface area contributed by atoms with Crippen LogP contribution < -0.4 is 16.0 Å². The molecule has 0 spiro atoms. The van der Waals surface area contributed by atoms with E-state index in [9.17, 15) is 19.2 Å². The van der Waals surface area contributed by atoms with Crippen LogP contribution in [0.2, 0.25) is 0 Å². The van der Waals surface area contributed by atoms with Crippen LogP contribution in [-0.4, -0.2) is 59.0 Å². The van der Waals surface area contributed by atoms with Crippen LogP contribution in [0.3, 0.4) is 0 Å². The Kier molecular flexibility index (Phi) is 8.36. The first kappa shape index (κ1) is 23.5. The van der Waals surface area contributed by atoms with E-state index in [4.69, 9.17) is 14.6 Å². The fraction of sp³-hybridized carbons (Fsp3) is 0.750. The molecule has 0 heterocycles. The molecule has 0 aliphatic rings. The minimum atomic E-state index is -1.39. The Balaban J connectivity index is 4.61. The van der Waals surface area contributed by atoms with Gasteiger partial charge in [-0.3, -0.25) is 4.79 Å². The van der Waals surface area contributed by atoms with Crippen molar-refractivity contribution in [1.82, 2.24) is 16.0 Å². The predicted octanol–water partition coefficient (Wildman–Crippen LogP) is 0.994. The maximum atomic E-state index is 12.0. The highest BCUT2D eigenvalue weighted by Gasteiger charge is 2.26. The summed E-state index contributed by atoms with van der Waals surface area (Å²) in [5.74, 6) is -2.09. The summed E-state index contributed by atoms with van der Waals surface area (Å²) in [4.78, 5) is 46.5. The summed E-state index contributed by atoms with van der Waals surface area (Å²) in [6, 6.07) is -2.42. The molecule has 0 radical (unpaired) electrons. The number of ether oxygens (including phenoxy) is 2. The van der Waals surface area contributed by atoms with Crippen molar-refractivity contribution in [2.75, 3.05) is 6.54 Å². The zero-order chi connectivity index (χ0) is 20.7. The zero-order valence-corrected chi connectivity index (χ0v) is 16.3. The van der Waals surface area contributed by atoms with Crippen molar-refractivity contribution in [3.05, 3.63) is 0 Å². The standard InChI is InChI=1S/C16H29N3O7/c1-9(18-14(24)26-16(5,6)7)11(20)19-10(12(21)22)8-17-13(23)25-15(2,3)4/h9-10H,8H2,1-7H3,(H,17,23)(H,18,24)(H,19,20)(H,21,22)/t9-,10+/m1/s1. The van der Waals surface area contributed by atoms with Gasteiger partial charge in [0, 0.05) is 0 Å². The van der Waals surface area contributed by atoms with Gasteiger partial charge >= 0.3 is 18.2 Å². The fourth-order valence-corrected chi connectivity index (χ4v) is 1.55. The first-order chi connectivity index (χ1) is 11.6. The van der Waals surface area contributed by atoms with Gasteiger partial charge in [0.1, 0.15) is 23.3 Å². The Bertz CT molecular complexity index is 535.